The van der Waals surface area contributed by atoms with E-state index >= 15 is 0 Å². The first-order valence-corrected chi connectivity index (χ1v) is 14.0. The van der Waals surface area contributed by atoms with Gasteiger partial charge in [-0.2, -0.15) is 13.2 Å². The van der Waals surface area contributed by atoms with Gasteiger partial charge in [0.2, 0.25) is 0 Å². The summed E-state index contributed by atoms with van der Waals surface area (Å²) in [6, 6.07) is 16.1. The third kappa shape index (κ3) is 7.68. The number of rotatable bonds is 8. The first-order chi connectivity index (χ1) is 18.8. The number of fused-ring (bicyclic) bond motifs is 1. The molecule has 0 bridgehead atoms. The Kier molecular flexibility index (Phi) is 9.00. The molecule has 39 heavy (non-hydrogen) atoms. The van der Waals surface area contributed by atoms with E-state index in [1.54, 1.807) is 6.07 Å². The molecule has 0 saturated carbocycles. The number of piperidine rings is 1. The van der Waals surface area contributed by atoms with Crippen LogP contribution in [0.1, 0.15) is 48.8 Å². The maximum absolute atomic E-state index is 13.1. The highest BCUT2D eigenvalue weighted by atomic mass is 19.4. The number of carbonyl (C=O) groups excluding carboxylic acids is 1. The van der Waals surface area contributed by atoms with Crippen molar-refractivity contribution in [2.24, 2.45) is 5.92 Å². The number of nitrogens with zero attached hydrogens (tertiary/aromatic N) is 2. The molecule has 1 aliphatic carbocycles. The third-order valence-corrected chi connectivity index (χ3v) is 8.16. The molecule has 2 aromatic carbocycles. The Labute approximate surface area is 229 Å². The number of ketones is 1. The minimum Gasteiger partial charge on any atom is -0.372 e. The van der Waals surface area contributed by atoms with Gasteiger partial charge < -0.3 is 4.74 Å². The summed E-state index contributed by atoms with van der Waals surface area (Å²) in [6.07, 6.45) is 3.93. The van der Waals surface area contributed by atoms with Gasteiger partial charge in [0.15, 0.2) is 5.78 Å². The molecule has 0 amide bonds. The number of carbonyl (C=O) groups is 1. The highest BCUT2D eigenvalue weighted by molar-refractivity contribution is 5.98. The Bertz CT molecular complexity index is 1180. The monoisotopic (exact) mass is 538 g/mol. The van der Waals surface area contributed by atoms with Crippen LogP contribution in [0.25, 0.3) is 0 Å². The number of allylic oxidation sites excluding steroid dienone is 2. The number of Topliss-reactive ketones (excluding diaryl/α,β-unsaturated/α-hetero) is 1. The van der Waals surface area contributed by atoms with Gasteiger partial charge in [0.05, 0.1) is 18.3 Å². The Morgan fingerprint density at radius 1 is 0.923 bits per heavy atom. The molecule has 1 unspecified atom stereocenters. The Morgan fingerprint density at radius 3 is 2.44 bits per heavy atom. The van der Waals surface area contributed by atoms with Gasteiger partial charge in [-0.05, 0) is 73.5 Å². The molecule has 2 saturated heterocycles. The van der Waals surface area contributed by atoms with E-state index < -0.39 is 11.7 Å². The van der Waals surface area contributed by atoms with Gasteiger partial charge >= 0.3 is 6.18 Å². The largest absolute Gasteiger partial charge is 0.416 e. The Balaban J connectivity index is 1.09. The molecule has 2 aromatic rings. The van der Waals surface area contributed by atoms with Gasteiger partial charge in [-0.15, -0.1) is 0 Å². The second-order valence-corrected chi connectivity index (χ2v) is 11.0. The molecule has 0 N–H and O–H groups in total. The number of benzene rings is 2. The number of likely N-dealkylation sites (tertiary alicyclic amines) is 1. The fraction of sp³-hybridized carbons (Fsp3) is 0.469. The van der Waals surface area contributed by atoms with Gasteiger partial charge in [0.25, 0.3) is 0 Å². The number of hydrogen-bond acceptors (Lipinski definition) is 4. The SMILES string of the molecule is O=C(CCC1CCN(Cc2cccc(C(F)(F)F)c2)CC1)C1=CCC2OCCN(Cc3ccccc3)CC2=C1. The standard InChI is InChI=1S/C32H37F3N2O2/c33-32(34,35)29-8-4-7-26(19-29)22-36-15-13-24(14-16-36)9-11-30(38)27-10-12-31-28(20-27)23-37(17-18-39-31)21-25-5-2-1-3-6-25/h1-8,10,19-20,24,31H,9,11-18,21-23H2. The van der Waals surface area contributed by atoms with Crippen LogP contribution in [-0.2, 0) is 28.8 Å². The van der Waals surface area contributed by atoms with Gasteiger partial charge in [-0.25, -0.2) is 0 Å². The van der Waals surface area contributed by atoms with Crippen LogP contribution < -0.4 is 0 Å². The smallest absolute Gasteiger partial charge is 0.372 e. The molecular formula is C32H37F3N2O2. The molecule has 7 heteroatoms. The topological polar surface area (TPSA) is 32.8 Å². The molecule has 208 valence electrons. The van der Waals surface area contributed by atoms with E-state index in [2.05, 4.69) is 40.1 Å². The van der Waals surface area contributed by atoms with Crippen molar-refractivity contribution < 1.29 is 22.7 Å². The number of hydrogen-bond donors (Lipinski definition) is 0. The van der Waals surface area contributed by atoms with E-state index in [1.165, 1.54) is 23.3 Å². The maximum atomic E-state index is 13.1. The summed E-state index contributed by atoms with van der Waals surface area (Å²) in [4.78, 5) is 17.7. The van der Waals surface area contributed by atoms with Crippen molar-refractivity contribution in [3.05, 3.63) is 94.6 Å². The minimum atomic E-state index is -4.31. The zero-order valence-electron chi connectivity index (χ0n) is 22.3. The Hall–Kier alpha value is -2.74. The van der Waals surface area contributed by atoms with Crippen molar-refractivity contribution in [3.63, 3.8) is 0 Å². The zero-order valence-corrected chi connectivity index (χ0v) is 22.3. The summed E-state index contributed by atoms with van der Waals surface area (Å²) < 4.78 is 45.2. The van der Waals surface area contributed by atoms with Crippen LogP contribution in [0.3, 0.4) is 0 Å². The molecule has 2 fully saturated rings. The Morgan fingerprint density at radius 2 is 1.67 bits per heavy atom. The molecule has 2 aliphatic heterocycles. The van der Waals surface area contributed by atoms with E-state index in [0.717, 1.165) is 70.0 Å². The summed E-state index contributed by atoms with van der Waals surface area (Å²) in [6.45, 7) is 5.47. The van der Waals surface area contributed by atoms with E-state index in [9.17, 15) is 18.0 Å². The predicted octanol–water partition coefficient (Wildman–Crippen LogP) is 6.42. The van der Waals surface area contributed by atoms with Crippen molar-refractivity contribution >= 4 is 5.78 Å². The van der Waals surface area contributed by atoms with Crippen LogP contribution in [0, 0.1) is 5.92 Å². The second-order valence-electron chi connectivity index (χ2n) is 11.0. The maximum Gasteiger partial charge on any atom is 0.416 e. The van der Waals surface area contributed by atoms with E-state index in [4.69, 9.17) is 4.74 Å². The highest BCUT2D eigenvalue weighted by Gasteiger charge is 2.31. The first kappa shape index (κ1) is 27.8. The number of alkyl halides is 3. The lowest BCUT2D eigenvalue weighted by Gasteiger charge is -2.32. The fourth-order valence-corrected chi connectivity index (χ4v) is 5.91. The first-order valence-electron chi connectivity index (χ1n) is 14.0. The third-order valence-electron chi connectivity index (χ3n) is 8.16. The van der Waals surface area contributed by atoms with E-state index in [1.807, 2.05) is 12.1 Å². The van der Waals surface area contributed by atoms with E-state index in [0.29, 0.717) is 31.1 Å². The molecule has 0 aromatic heterocycles. The lowest BCUT2D eigenvalue weighted by atomic mass is 9.88. The summed E-state index contributed by atoms with van der Waals surface area (Å²) in [7, 11) is 0. The predicted molar refractivity (Wildman–Crippen MR) is 146 cm³/mol. The summed E-state index contributed by atoms with van der Waals surface area (Å²) >= 11 is 0. The molecule has 0 radical (unpaired) electrons. The summed E-state index contributed by atoms with van der Waals surface area (Å²) in [5.74, 6) is 0.671. The zero-order chi connectivity index (χ0) is 27.2. The number of halogens is 3. The molecular weight excluding hydrogens is 501 g/mol. The summed E-state index contributed by atoms with van der Waals surface area (Å²) in [5, 5.41) is 0. The van der Waals surface area contributed by atoms with Crippen LogP contribution in [0.15, 0.2) is 77.9 Å². The molecule has 0 spiro atoms. The van der Waals surface area contributed by atoms with Crippen molar-refractivity contribution in [3.8, 4) is 0 Å². The van der Waals surface area contributed by atoms with Crippen LogP contribution in [0.5, 0.6) is 0 Å². The van der Waals surface area contributed by atoms with Crippen LogP contribution in [-0.4, -0.2) is 54.5 Å². The second kappa shape index (κ2) is 12.6. The van der Waals surface area contributed by atoms with Crippen molar-refractivity contribution in [1.82, 2.24) is 9.80 Å². The van der Waals surface area contributed by atoms with E-state index in [-0.39, 0.29) is 11.9 Å². The molecule has 1 atom stereocenters. The average molecular weight is 539 g/mol. The number of ether oxygens (including phenoxy) is 1. The molecule has 3 aliphatic rings. The van der Waals surface area contributed by atoms with Crippen molar-refractivity contribution in [2.45, 2.75) is 57.5 Å². The van der Waals surface area contributed by atoms with Crippen LogP contribution >= 0.6 is 0 Å². The van der Waals surface area contributed by atoms with Gasteiger partial charge in [-0.3, -0.25) is 14.6 Å². The van der Waals surface area contributed by atoms with Gasteiger partial charge in [0, 0.05) is 38.2 Å². The minimum absolute atomic E-state index is 0.0588. The normalized spacial score (nSPS) is 21.6. The highest BCUT2D eigenvalue weighted by Crippen LogP contribution is 2.31. The van der Waals surface area contributed by atoms with Crippen LogP contribution in [0.4, 0.5) is 13.2 Å². The van der Waals surface area contributed by atoms with Crippen molar-refractivity contribution in [2.75, 3.05) is 32.8 Å². The average Bonchev–Trinajstić information content (AvgIpc) is 3.14. The van der Waals surface area contributed by atoms with Crippen LogP contribution in [0.2, 0.25) is 0 Å². The molecule has 4 nitrogen and oxygen atoms in total. The quantitative estimate of drug-likeness (QED) is 0.388. The molecule has 2 heterocycles. The lowest BCUT2D eigenvalue weighted by Crippen LogP contribution is -2.33. The van der Waals surface area contributed by atoms with Crippen molar-refractivity contribution in [1.29, 1.82) is 0 Å². The lowest BCUT2D eigenvalue weighted by molar-refractivity contribution is -0.137. The molecule has 5 rings (SSSR count). The van der Waals surface area contributed by atoms with Gasteiger partial charge in [-0.1, -0.05) is 54.6 Å². The fourth-order valence-electron chi connectivity index (χ4n) is 5.91. The summed E-state index contributed by atoms with van der Waals surface area (Å²) in [5.41, 5.74) is 3.38. The van der Waals surface area contributed by atoms with Gasteiger partial charge in [0.1, 0.15) is 0 Å².